The number of hydrogen-bond donors (Lipinski definition) is 1. The molecule has 240 valence electrons. The first kappa shape index (κ1) is 31.6. The van der Waals surface area contributed by atoms with Crippen LogP contribution < -0.4 is 4.74 Å². The second-order valence-corrected chi connectivity index (χ2v) is 13.1. The van der Waals surface area contributed by atoms with Crippen LogP contribution in [0.4, 0.5) is 8.78 Å². The van der Waals surface area contributed by atoms with E-state index >= 15 is 0 Å². The first-order valence-electron chi connectivity index (χ1n) is 15.9. The maximum absolute atomic E-state index is 13.7. The molecule has 2 aliphatic heterocycles. The quantitative estimate of drug-likeness (QED) is 0.162. The molecule has 1 aromatic heterocycles. The largest absolute Gasteiger partial charge is 0.426 e. The van der Waals surface area contributed by atoms with Crippen LogP contribution in [0.25, 0.3) is 17.5 Å². The Morgan fingerprint density at radius 2 is 1.48 bits per heavy atom. The number of carbonyl (C=O) groups excluding carboxylic acids is 1. The van der Waals surface area contributed by atoms with Gasteiger partial charge < -0.3 is 19.5 Å². The first-order valence-corrected chi connectivity index (χ1v) is 15.9. The minimum Gasteiger partial charge on any atom is -0.426 e. The minimum absolute atomic E-state index is 0.0429. The molecule has 0 bridgehead atoms. The van der Waals surface area contributed by atoms with Crippen LogP contribution in [-0.2, 0) is 11.3 Å². The summed E-state index contributed by atoms with van der Waals surface area (Å²) in [5.41, 5.74) is 4.43. The van der Waals surface area contributed by atoms with Gasteiger partial charge >= 0.3 is 5.97 Å². The van der Waals surface area contributed by atoms with Gasteiger partial charge in [0.2, 0.25) is 0 Å². The molecule has 0 unspecified atom stereocenters. The molecule has 3 aromatic carbocycles. The van der Waals surface area contributed by atoms with Gasteiger partial charge in [-0.15, -0.1) is 0 Å². The molecule has 7 nitrogen and oxygen atoms in total. The van der Waals surface area contributed by atoms with E-state index in [1.165, 1.54) is 24.3 Å². The van der Waals surface area contributed by atoms with E-state index in [4.69, 9.17) is 9.72 Å². The lowest BCUT2D eigenvalue weighted by Crippen LogP contribution is -2.48. The standard InChI is InChI=1S/C37H41F2N5O2/c1-37(2,3)36(45)46-31-15-9-28(10-16-31)35-40-32-17-20-43(25-33(32)41-35)19-4-18-42-21-23-44(24-22-42)34(26-5-11-29(38)12-6-26)27-7-13-30(39)14-8-27/h5-17,20,34H,4,18-19,21-25H2,1-3H3,(H,40,41). The average Bonchev–Trinajstić information content (AvgIpc) is 3.47. The van der Waals surface area contributed by atoms with Crippen LogP contribution in [0.3, 0.4) is 0 Å². The second-order valence-electron chi connectivity index (χ2n) is 13.1. The summed E-state index contributed by atoms with van der Waals surface area (Å²) in [6.45, 7) is 11.8. The van der Waals surface area contributed by atoms with Gasteiger partial charge in [-0.3, -0.25) is 9.69 Å². The van der Waals surface area contributed by atoms with Gasteiger partial charge in [-0.2, -0.15) is 0 Å². The molecule has 4 aromatic rings. The van der Waals surface area contributed by atoms with E-state index < -0.39 is 5.41 Å². The van der Waals surface area contributed by atoms with E-state index in [2.05, 4.69) is 32.0 Å². The highest BCUT2D eigenvalue weighted by Crippen LogP contribution is 2.31. The molecule has 3 heterocycles. The Morgan fingerprint density at radius 3 is 2.07 bits per heavy atom. The van der Waals surface area contributed by atoms with Crippen molar-refractivity contribution in [3.63, 3.8) is 0 Å². The van der Waals surface area contributed by atoms with Gasteiger partial charge in [0, 0.05) is 44.5 Å². The summed E-state index contributed by atoms with van der Waals surface area (Å²) in [6, 6.07) is 20.7. The molecular weight excluding hydrogens is 584 g/mol. The molecule has 0 atom stereocenters. The number of rotatable bonds is 9. The Kier molecular flexibility index (Phi) is 9.33. The number of aromatic nitrogens is 2. The lowest BCUT2D eigenvalue weighted by atomic mass is 9.96. The van der Waals surface area contributed by atoms with Crippen LogP contribution in [-0.4, -0.2) is 69.9 Å². The number of nitrogens with one attached hydrogen (secondary N) is 1. The number of fused-ring (bicyclic) bond motifs is 1. The lowest BCUT2D eigenvalue weighted by molar-refractivity contribution is -0.143. The van der Waals surface area contributed by atoms with Gasteiger partial charge in [-0.05, 0) is 99.5 Å². The average molecular weight is 626 g/mol. The zero-order valence-electron chi connectivity index (χ0n) is 26.7. The molecule has 1 fully saturated rings. The number of imidazole rings is 1. The van der Waals surface area contributed by atoms with Gasteiger partial charge in [-0.1, -0.05) is 24.3 Å². The topological polar surface area (TPSA) is 64.7 Å². The number of H-pyrrole nitrogens is 1. The molecule has 2 aliphatic rings. The van der Waals surface area contributed by atoms with Crippen LogP contribution in [0.2, 0.25) is 0 Å². The summed E-state index contributed by atoms with van der Waals surface area (Å²) in [4.78, 5) is 27.7. The van der Waals surface area contributed by atoms with E-state index in [1.54, 1.807) is 12.1 Å². The van der Waals surface area contributed by atoms with Crippen molar-refractivity contribution in [3.05, 3.63) is 113 Å². The molecule has 1 saturated heterocycles. The number of piperazine rings is 1. The summed E-state index contributed by atoms with van der Waals surface area (Å²) in [5, 5.41) is 0. The van der Waals surface area contributed by atoms with Gasteiger partial charge in [0.05, 0.1) is 29.4 Å². The molecule has 0 aliphatic carbocycles. The summed E-state index contributed by atoms with van der Waals surface area (Å²) in [6.07, 6.45) is 5.25. The monoisotopic (exact) mass is 625 g/mol. The molecule has 6 rings (SSSR count). The first-order chi connectivity index (χ1) is 22.1. The number of ether oxygens (including phenoxy) is 1. The lowest BCUT2D eigenvalue weighted by Gasteiger charge is -2.40. The third kappa shape index (κ3) is 7.54. The number of nitrogens with zero attached hydrogens (tertiary/aromatic N) is 4. The fourth-order valence-electron chi connectivity index (χ4n) is 5.98. The second kappa shape index (κ2) is 13.6. The van der Waals surface area contributed by atoms with Crippen LogP contribution in [0.1, 0.15) is 55.7 Å². The maximum atomic E-state index is 13.7. The van der Waals surface area contributed by atoms with Gasteiger partial charge in [-0.25, -0.2) is 13.8 Å². The van der Waals surface area contributed by atoms with Crippen molar-refractivity contribution in [1.29, 1.82) is 0 Å². The number of esters is 1. The highest BCUT2D eigenvalue weighted by molar-refractivity contribution is 5.78. The predicted molar refractivity (Wildman–Crippen MR) is 176 cm³/mol. The smallest absolute Gasteiger partial charge is 0.316 e. The summed E-state index contributed by atoms with van der Waals surface area (Å²) in [7, 11) is 0. The molecule has 1 N–H and O–H groups in total. The number of benzene rings is 3. The number of aromatic amines is 1. The molecule has 46 heavy (non-hydrogen) atoms. The van der Waals surface area contributed by atoms with Crippen molar-refractivity contribution < 1.29 is 18.3 Å². The Bertz CT molecular complexity index is 1610. The maximum Gasteiger partial charge on any atom is 0.316 e. The Morgan fingerprint density at radius 1 is 0.870 bits per heavy atom. The van der Waals surface area contributed by atoms with Gasteiger partial charge in [0.15, 0.2) is 0 Å². The highest BCUT2D eigenvalue weighted by atomic mass is 19.1. The highest BCUT2D eigenvalue weighted by Gasteiger charge is 2.27. The predicted octanol–water partition coefficient (Wildman–Crippen LogP) is 6.89. The van der Waals surface area contributed by atoms with E-state index in [1.807, 2.05) is 57.2 Å². The van der Waals surface area contributed by atoms with Gasteiger partial charge in [0.1, 0.15) is 23.2 Å². The van der Waals surface area contributed by atoms with Crippen LogP contribution >= 0.6 is 0 Å². The van der Waals surface area contributed by atoms with Crippen molar-refractivity contribution in [2.24, 2.45) is 5.41 Å². The van der Waals surface area contributed by atoms with Crippen molar-refractivity contribution in [2.45, 2.75) is 39.8 Å². The van der Waals surface area contributed by atoms with Crippen molar-refractivity contribution >= 4 is 12.0 Å². The van der Waals surface area contributed by atoms with Gasteiger partial charge in [0.25, 0.3) is 0 Å². The van der Waals surface area contributed by atoms with Crippen molar-refractivity contribution in [1.82, 2.24) is 24.7 Å². The third-order valence-electron chi connectivity index (χ3n) is 8.63. The molecule has 0 radical (unpaired) electrons. The molecule has 0 amide bonds. The Hall–Kier alpha value is -4.34. The number of carbonyl (C=O) groups is 1. The molecule has 0 saturated carbocycles. The van der Waals surface area contributed by atoms with Crippen molar-refractivity contribution in [2.75, 3.05) is 39.3 Å². The molecule has 0 spiro atoms. The fourth-order valence-corrected chi connectivity index (χ4v) is 5.98. The molecular formula is C37H41F2N5O2. The van der Waals surface area contributed by atoms with Crippen LogP contribution in [0.5, 0.6) is 5.75 Å². The normalized spacial score (nSPS) is 15.7. The van der Waals surface area contributed by atoms with E-state index in [0.29, 0.717) is 5.75 Å². The number of halogens is 2. The van der Waals surface area contributed by atoms with E-state index in [0.717, 1.165) is 86.1 Å². The zero-order valence-corrected chi connectivity index (χ0v) is 26.7. The third-order valence-corrected chi connectivity index (χ3v) is 8.63. The van der Waals surface area contributed by atoms with Crippen LogP contribution in [0, 0.1) is 17.0 Å². The Labute approximate surface area is 269 Å². The van der Waals surface area contributed by atoms with Crippen LogP contribution in [0.15, 0.2) is 79.0 Å². The summed E-state index contributed by atoms with van der Waals surface area (Å²) < 4.78 is 32.8. The molecule has 9 heteroatoms. The van der Waals surface area contributed by atoms with E-state index in [9.17, 15) is 13.6 Å². The minimum atomic E-state index is -0.561. The fraction of sp³-hybridized carbons (Fsp3) is 0.351. The Balaban J connectivity index is 0.989. The van der Waals surface area contributed by atoms with Crippen molar-refractivity contribution in [3.8, 4) is 17.1 Å². The summed E-state index contributed by atoms with van der Waals surface area (Å²) >= 11 is 0. The zero-order chi connectivity index (χ0) is 32.3. The number of hydrogen-bond acceptors (Lipinski definition) is 6. The van der Waals surface area contributed by atoms with E-state index in [-0.39, 0.29) is 23.6 Å². The SMILES string of the molecule is CC(C)(C)C(=O)Oc1ccc(-c2nc3c([nH]2)C=CN(CCCN2CCN(C(c4ccc(F)cc4)c4ccc(F)cc4)CC2)C3)cc1. The summed E-state index contributed by atoms with van der Waals surface area (Å²) in [5.74, 6) is 0.533.